The number of rotatable bonds is 6. The third-order valence-corrected chi connectivity index (χ3v) is 4.70. The van der Waals surface area contributed by atoms with E-state index >= 15 is 0 Å². The van der Waals surface area contributed by atoms with Gasteiger partial charge in [0.25, 0.3) is 0 Å². The number of carbonyl (C=O) groups excluding carboxylic acids is 1. The molecule has 0 aliphatic carbocycles. The van der Waals surface area contributed by atoms with Gasteiger partial charge in [-0.2, -0.15) is 0 Å². The minimum atomic E-state index is -0.790. The molecule has 23 heavy (non-hydrogen) atoms. The highest BCUT2D eigenvalue weighted by atomic mass is 16.4. The number of benzene rings is 1. The average Bonchev–Trinajstić information content (AvgIpc) is 2.52. The van der Waals surface area contributed by atoms with E-state index in [0.29, 0.717) is 25.2 Å². The van der Waals surface area contributed by atoms with E-state index in [0.717, 1.165) is 19.4 Å². The fourth-order valence-corrected chi connectivity index (χ4v) is 3.44. The maximum absolute atomic E-state index is 12.6. The second kappa shape index (κ2) is 8.14. The summed E-state index contributed by atoms with van der Waals surface area (Å²) in [6.07, 6.45) is 4.00. The molecule has 1 saturated heterocycles. The molecule has 4 nitrogen and oxygen atoms in total. The number of aliphatic carboxylic acids is 1. The number of likely N-dealkylation sites (tertiary alicyclic amines) is 1. The first-order chi connectivity index (χ1) is 11.0. The Morgan fingerprint density at radius 3 is 2.48 bits per heavy atom. The zero-order valence-corrected chi connectivity index (χ0v) is 14.1. The van der Waals surface area contributed by atoms with Crippen molar-refractivity contribution in [3.8, 4) is 0 Å². The molecule has 0 spiro atoms. The highest BCUT2D eigenvalue weighted by Crippen LogP contribution is 2.36. The van der Waals surface area contributed by atoms with Crippen molar-refractivity contribution < 1.29 is 14.7 Å². The zero-order valence-electron chi connectivity index (χ0n) is 14.1. The van der Waals surface area contributed by atoms with E-state index in [4.69, 9.17) is 5.11 Å². The first kappa shape index (κ1) is 17.5. The molecule has 2 unspecified atom stereocenters. The van der Waals surface area contributed by atoms with Crippen molar-refractivity contribution in [3.05, 3.63) is 35.4 Å². The standard InChI is InChI=1S/C19H27NO3/c1-14-9-11-16(12-10-14)19-15(2)6-5-13-20(19)17(21)7-3-4-8-18(22)23/h9-12,15,19H,3-8,13H2,1-2H3,(H,22,23). The number of carboxylic acid groups (broad SMARTS) is 1. The van der Waals surface area contributed by atoms with E-state index in [2.05, 4.69) is 38.1 Å². The smallest absolute Gasteiger partial charge is 0.303 e. The molecule has 2 atom stereocenters. The first-order valence-corrected chi connectivity index (χ1v) is 8.57. The van der Waals surface area contributed by atoms with E-state index < -0.39 is 5.97 Å². The summed E-state index contributed by atoms with van der Waals surface area (Å²) in [6.45, 7) is 5.09. The molecule has 1 N–H and O–H groups in total. The van der Waals surface area contributed by atoms with E-state index in [-0.39, 0.29) is 18.4 Å². The summed E-state index contributed by atoms with van der Waals surface area (Å²) in [5.41, 5.74) is 2.44. The monoisotopic (exact) mass is 317 g/mol. The Kier molecular flexibility index (Phi) is 6.20. The quantitative estimate of drug-likeness (QED) is 0.809. The second-order valence-corrected chi connectivity index (χ2v) is 6.66. The number of amides is 1. The molecule has 1 aromatic rings. The third-order valence-electron chi connectivity index (χ3n) is 4.70. The van der Waals surface area contributed by atoms with Crippen molar-refractivity contribution in [2.24, 2.45) is 5.92 Å². The van der Waals surface area contributed by atoms with Crippen molar-refractivity contribution in [2.75, 3.05) is 6.54 Å². The molecule has 2 rings (SSSR count). The molecular formula is C19H27NO3. The van der Waals surface area contributed by atoms with Crippen LogP contribution in [0.4, 0.5) is 0 Å². The van der Waals surface area contributed by atoms with Gasteiger partial charge in [-0.05, 0) is 44.1 Å². The lowest BCUT2D eigenvalue weighted by atomic mass is 9.85. The minimum absolute atomic E-state index is 0.144. The van der Waals surface area contributed by atoms with Crippen LogP contribution in [0.3, 0.4) is 0 Å². The number of unbranched alkanes of at least 4 members (excludes halogenated alkanes) is 1. The van der Waals surface area contributed by atoms with Crippen LogP contribution in [0, 0.1) is 12.8 Å². The molecule has 0 aromatic heterocycles. The molecule has 4 heteroatoms. The fourth-order valence-electron chi connectivity index (χ4n) is 3.44. The van der Waals surface area contributed by atoms with Gasteiger partial charge < -0.3 is 10.0 Å². The lowest BCUT2D eigenvalue weighted by Gasteiger charge is -2.40. The second-order valence-electron chi connectivity index (χ2n) is 6.66. The molecular weight excluding hydrogens is 290 g/mol. The van der Waals surface area contributed by atoms with Gasteiger partial charge in [-0.25, -0.2) is 0 Å². The van der Waals surface area contributed by atoms with Crippen LogP contribution in [0.2, 0.25) is 0 Å². The Labute approximate surface area is 138 Å². The molecule has 0 bridgehead atoms. The molecule has 1 aliphatic heterocycles. The van der Waals surface area contributed by atoms with Gasteiger partial charge in [0, 0.05) is 19.4 Å². The third kappa shape index (κ3) is 4.81. The largest absolute Gasteiger partial charge is 0.481 e. The fraction of sp³-hybridized carbons (Fsp3) is 0.579. The Morgan fingerprint density at radius 2 is 1.83 bits per heavy atom. The summed E-state index contributed by atoms with van der Waals surface area (Å²) < 4.78 is 0. The van der Waals surface area contributed by atoms with Gasteiger partial charge in [0.1, 0.15) is 0 Å². The number of hydrogen-bond donors (Lipinski definition) is 1. The number of carboxylic acids is 1. The normalized spacial score (nSPS) is 21.2. The van der Waals surface area contributed by atoms with Gasteiger partial charge >= 0.3 is 5.97 Å². The van der Waals surface area contributed by atoms with Gasteiger partial charge in [0.2, 0.25) is 5.91 Å². The Hall–Kier alpha value is -1.84. The van der Waals surface area contributed by atoms with E-state index in [1.54, 1.807) is 0 Å². The average molecular weight is 317 g/mol. The maximum atomic E-state index is 12.6. The van der Waals surface area contributed by atoms with Gasteiger partial charge in [-0.1, -0.05) is 36.8 Å². The molecule has 0 radical (unpaired) electrons. The van der Waals surface area contributed by atoms with Crippen LogP contribution in [0.5, 0.6) is 0 Å². The molecule has 0 saturated carbocycles. The van der Waals surface area contributed by atoms with Gasteiger partial charge in [0.15, 0.2) is 0 Å². The highest BCUT2D eigenvalue weighted by Gasteiger charge is 2.32. The van der Waals surface area contributed by atoms with Crippen molar-refractivity contribution in [1.29, 1.82) is 0 Å². The predicted molar refractivity (Wildman–Crippen MR) is 90.1 cm³/mol. The van der Waals surface area contributed by atoms with Crippen LogP contribution in [-0.2, 0) is 9.59 Å². The molecule has 1 amide bonds. The molecule has 126 valence electrons. The van der Waals surface area contributed by atoms with E-state index in [1.807, 2.05) is 4.90 Å². The topological polar surface area (TPSA) is 57.6 Å². The molecule has 1 heterocycles. The molecule has 1 fully saturated rings. The number of nitrogens with zero attached hydrogens (tertiary/aromatic N) is 1. The number of piperidine rings is 1. The summed E-state index contributed by atoms with van der Waals surface area (Å²) in [7, 11) is 0. The Balaban J connectivity index is 2.03. The molecule has 1 aliphatic rings. The predicted octanol–water partition coefficient (Wildman–Crippen LogP) is 3.94. The van der Waals surface area contributed by atoms with Crippen molar-refractivity contribution in [3.63, 3.8) is 0 Å². The number of carbonyl (C=O) groups is 2. The van der Waals surface area contributed by atoms with Crippen LogP contribution in [-0.4, -0.2) is 28.4 Å². The van der Waals surface area contributed by atoms with Crippen molar-refractivity contribution in [2.45, 2.75) is 58.4 Å². The maximum Gasteiger partial charge on any atom is 0.303 e. The highest BCUT2D eigenvalue weighted by molar-refractivity contribution is 5.77. The van der Waals surface area contributed by atoms with Crippen LogP contribution in [0.25, 0.3) is 0 Å². The Morgan fingerprint density at radius 1 is 1.17 bits per heavy atom. The summed E-state index contributed by atoms with van der Waals surface area (Å²) >= 11 is 0. The lowest BCUT2D eigenvalue weighted by Crippen LogP contribution is -2.42. The van der Waals surface area contributed by atoms with Gasteiger partial charge in [-0.3, -0.25) is 9.59 Å². The van der Waals surface area contributed by atoms with Gasteiger partial charge in [0.05, 0.1) is 6.04 Å². The lowest BCUT2D eigenvalue weighted by molar-refractivity contribution is -0.139. The summed E-state index contributed by atoms with van der Waals surface area (Å²) in [5, 5.41) is 8.68. The molecule has 1 aromatic carbocycles. The van der Waals surface area contributed by atoms with Crippen LogP contribution in [0.15, 0.2) is 24.3 Å². The Bertz CT molecular complexity index is 538. The number of aryl methyl sites for hydroxylation is 1. The SMILES string of the molecule is Cc1ccc(C2C(C)CCCN2C(=O)CCCCC(=O)O)cc1. The summed E-state index contributed by atoms with van der Waals surface area (Å²) in [5.74, 6) is -0.177. The van der Waals surface area contributed by atoms with Crippen LogP contribution in [0.1, 0.15) is 62.6 Å². The summed E-state index contributed by atoms with van der Waals surface area (Å²) in [4.78, 5) is 25.2. The summed E-state index contributed by atoms with van der Waals surface area (Å²) in [6, 6.07) is 8.62. The van der Waals surface area contributed by atoms with E-state index in [1.165, 1.54) is 11.1 Å². The number of hydrogen-bond acceptors (Lipinski definition) is 2. The first-order valence-electron chi connectivity index (χ1n) is 8.57. The zero-order chi connectivity index (χ0) is 16.8. The van der Waals surface area contributed by atoms with Gasteiger partial charge in [-0.15, -0.1) is 0 Å². The van der Waals surface area contributed by atoms with Crippen molar-refractivity contribution >= 4 is 11.9 Å². The van der Waals surface area contributed by atoms with E-state index in [9.17, 15) is 9.59 Å². The van der Waals surface area contributed by atoms with Crippen LogP contribution < -0.4 is 0 Å². The minimum Gasteiger partial charge on any atom is -0.481 e. The van der Waals surface area contributed by atoms with Crippen molar-refractivity contribution in [1.82, 2.24) is 4.90 Å². The van der Waals surface area contributed by atoms with Crippen LogP contribution >= 0.6 is 0 Å².